The van der Waals surface area contributed by atoms with Crippen molar-refractivity contribution in [3.63, 3.8) is 0 Å². The van der Waals surface area contributed by atoms with Crippen LogP contribution in [0.4, 0.5) is 5.69 Å². The Labute approximate surface area is 89.1 Å². The number of carbonyl (C=O) groups excluding carboxylic acids is 1. The number of carbonyl (C=O) groups is 1. The van der Waals surface area contributed by atoms with Crippen molar-refractivity contribution < 1.29 is 14.6 Å². The van der Waals surface area contributed by atoms with E-state index < -0.39 is 0 Å². The van der Waals surface area contributed by atoms with Crippen molar-refractivity contribution in [1.82, 2.24) is 0 Å². The predicted octanol–water partition coefficient (Wildman–Crippen LogP) is 0.936. The first-order chi connectivity index (χ1) is 7.22. The molecule has 15 heavy (non-hydrogen) atoms. The second kappa shape index (κ2) is 5.36. The van der Waals surface area contributed by atoms with E-state index in [4.69, 9.17) is 9.84 Å². The van der Waals surface area contributed by atoms with Gasteiger partial charge in [-0.3, -0.25) is 4.79 Å². The number of methoxy groups -OCH3 is 1. The number of nitrogens with zero attached hydrogens (tertiary/aromatic N) is 1. The summed E-state index contributed by atoms with van der Waals surface area (Å²) < 4.78 is 5.08. The Kier molecular flexibility index (Phi) is 4.12. The van der Waals surface area contributed by atoms with Crippen molar-refractivity contribution in [3.05, 3.63) is 23.8 Å². The van der Waals surface area contributed by atoms with E-state index in [2.05, 4.69) is 0 Å². The molecule has 0 aliphatic rings. The van der Waals surface area contributed by atoms with Gasteiger partial charge in [-0.15, -0.1) is 0 Å². The minimum absolute atomic E-state index is 0.0915. The van der Waals surface area contributed by atoms with Gasteiger partial charge < -0.3 is 14.7 Å². The van der Waals surface area contributed by atoms with Gasteiger partial charge in [0.05, 0.1) is 19.3 Å². The lowest BCUT2D eigenvalue weighted by Gasteiger charge is -2.18. The lowest BCUT2D eigenvalue weighted by Crippen LogP contribution is -2.21. The first-order valence-corrected chi connectivity index (χ1v) is 4.68. The first-order valence-electron chi connectivity index (χ1n) is 4.68. The molecule has 0 radical (unpaired) electrons. The topological polar surface area (TPSA) is 49.8 Å². The maximum Gasteiger partial charge on any atom is 0.153 e. The zero-order chi connectivity index (χ0) is 11.3. The van der Waals surface area contributed by atoms with Gasteiger partial charge in [0.2, 0.25) is 0 Å². The molecule has 0 heterocycles. The summed E-state index contributed by atoms with van der Waals surface area (Å²) in [7, 11) is 3.39. The monoisotopic (exact) mass is 209 g/mol. The highest BCUT2D eigenvalue weighted by Crippen LogP contribution is 2.23. The normalized spacial score (nSPS) is 9.80. The lowest BCUT2D eigenvalue weighted by molar-refractivity contribution is 0.112. The number of benzene rings is 1. The minimum Gasteiger partial charge on any atom is -0.496 e. The molecule has 0 amide bonds. The molecule has 0 saturated carbocycles. The van der Waals surface area contributed by atoms with E-state index in [0.29, 0.717) is 17.9 Å². The summed E-state index contributed by atoms with van der Waals surface area (Å²) in [6, 6.07) is 5.30. The van der Waals surface area contributed by atoms with Gasteiger partial charge in [-0.05, 0) is 12.1 Å². The van der Waals surface area contributed by atoms with Crippen LogP contribution in [0, 0.1) is 0 Å². The molecule has 0 atom stereocenters. The number of likely N-dealkylation sites (N-methyl/N-ethyl adjacent to an activating group) is 1. The highest BCUT2D eigenvalue weighted by molar-refractivity contribution is 5.80. The van der Waals surface area contributed by atoms with Crippen molar-refractivity contribution >= 4 is 12.0 Å². The third kappa shape index (κ3) is 2.70. The van der Waals surface area contributed by atoms with Crippen molar-refractivity contribution in [2.75, 3.05) is 32.2 Å². The van der Waals surface area contributed by atoms with E-state index in [1.54, 1.807) is 12.1 Å². The molecule has 0 fully saturated rings. The molecule has 0 bridgehead atoms. The molecule has 0 aliphatic carbocycles. The van der Waals surface area contributed by atoms with Gasteiger partial charge in [0.1, 0.15) is 5.75 Å². The number of anilines is 1. The number of aliphatic hydroxyl groups is 1. The molecule has 1 aromatic carbocycles. The van der Waals surface area contributed by atoms with Crippen molar-refractivity contribution in [1.29, 1.82) is 0 Å². The van der Waals surface area contributed by atoms with Crippen molar-refractivity contribution in [3.8, 4) is 5.75 Å². The Morgan fingerprint density at radius 3 is 2.80 bits per heavy atom. The molecule has 0 unspecified atom stereocenters. The fourth-order valence-electron chi connectivity index (χ4n) is 1.31. The van der Waals surface area contributed by atoms with E-state index in [1.807, 2.05) is 18.0 Å². The second-order valence-corrected chi connectivity index (χ2v) is 3.19. The summed E-state index contributed by atoms with van der Waals surface area (Å²) in [5.74, 6) is 0.548. The number of ether oxygens (including phenoxy) is 1. The fourth-order valence-corrected chi connectivity index (χ4v) is 1.31. The van der Waals surface area contributed by atoms with Gasteiger partial charge in [-0.25, -0.2) is 0 Å². The highest BCUT2D eigenvalue weighted by Gasteiger charge is 2.06. The molecular formula is C11H15NO3. The molecule has 1 N–H and O–H groups in total. The molecule has 82 valence electrons. The molecular weight excluding hydrogens is 194 g/mol. The van der Waals surface area contributed by atoms with Crippen LogP contribution in [0.2, 0.25) is 0 Å². The van der Waals surface area contributed by atoms with Gasteiger partial charge in [-0.1, -0.05) is 0 Å². The van der Waals surface area contributed by atoms with E-state index >= 15 is 0 Å². The number of hydrogen-bond donors (Lipinski definition) is 1. The maximum atomic E-state index is 10.7. The smallest absolute Gasteiger partial charge is 0.153 e. The van der Waals surface area contributed by atoms with Crippen LogP contribution in [0.15, 0.2) is 18.2 Å². The Balaban J connectivity index is 2.97. The van der Waals surface area contributed by atoms with Gasteiger partial charge >= 0.3 is 0 Å². The fraction of sp³-hybridized carbons (Fsp3) is 0.364. The average molecular weight is 209 g/mol. The van der Waals surface area contributed by atoms with Crippen LogP contribution in [0.5, 0.6) is 5.75 Å². The third-order valence-corrected chi connectivity index (χ3v) is 2.22. The Morgan fingerprint density at radius 1 is 1.53 bits per heavy atom. The van der Waals surface area contributed by atoms with E-state index in [9.17, 15) is 4.79 Å². The summed E-state index contributed by atoms with van der Waals surface area (Å²) in [6.07, 6.45) is 0.759. The van der Waals surface area contributed by atoms with E-state index in [-0.39, 0.29) is 6.61 Å². The van der Waals surface area contributed by atoms with Crippen LogP contribution < -0.4 is 9.64 Å². The highest BCUT2D eigenvalue weighted by atomic mass is 16.5. The Morgan fingerprint density at radius 2 is 2.27 bits per heavy atom. The van der Waals surface area contributed by atoms with E-state index in [0.717, 1.165) is 12.0 Å². The summed E-state index contributed by atoms with van der Waals surface area (Å²) in [6.45, 7) is 0.637. The first kappa shape index (κ1) is 11.5. The summed E-state index contributed by atoms with van der Waals surface area (Å²) >= 11 is 0. The van der Waals surface area contributed by atoms with Crippen LogP contribution >= 0.6 is 0 Å². The van der Waals surface area contributed by atoms with Crippen molar-refractivity contribution in [2.24, 2.45) is 0 Å². The molecule has 0 aromatic heterocycles. The number of hydrogen-bond acceptors (Lipinski definition) is 4. The van der Waals surface area contributed by atoms with Gasteiger partial charge in [0.15, 0.2) is 6.29 Å². The standard InChI is InChI=1S/C11H15NO3/c1-12(5-6-13)10-4-3-9(8-14)11(7-10)15-2/h3-4,7-8,13H,5-6H2,1-2H3. The largest absolute Gasteiger partial charge is 0.496 e. The molecule has 1 rings (SSSR count). The minimum atomic E-state index is 0.0915. The van der Waals surface area contributed by atoms with Gasteiger partial charge in [0.25, 0.3) is 0 Å². The van der Waals surface area contributed by atoms with E-state index in [1.165, 1.54) is 7.11 Å². The van der Waals surface area contributed by atoms with Crippen LogP contribution in [0.1, 0.15) is 10.4 Å². The quantitative estimate of drug-likeness (QED) is 0.733. The maximum absolute atomic E-state index is 10.7. The molecule has 0 spiro atoms. The molecule has 1 aromatic rings. The van der Waals surface area contributed by atoms with Crippen LogP contribution in [-0.4, -0.2) is 38.7 Å². The number of aliphatic hydroxyl groups excluding tert-OH is 1. The lowest BCUT2D eigenvalue weighted by atomic mass is 10.2. The molecule has 4 heteroatoms. The Hall–Kier alpha value is -1.55. The SMILES string of the molecule is COc1cc(N(C)CCO)ccc1C=O. The molecule has 4 nitrogen and oxygen atoms in total. The zero-order valence-corrected chi connectivity index (χ0v) is 8.93. The number of rotatable bonds is 5. The predicted molar refractivity (Wildman–Crippen MR) is 58.7 cm³/mol. The van der Waals surface area contributed by atoms with Crippen LogP contribution in [-0.2, 0) is 0 Å². The van der Waals surface area contributed by atoms with Crippen LogP contribution in [0.3, 0.4) is 0 Å². The molecule has 0 aliphatic heterocycles. The summed E-state index contributed by atoms with van der Waals surface area (Å²) in [5, 5.41) is 8.80. The second-order valence-electron chi connectivity index (χ2n) is 3.19. The third-order valence-electron chi connectivity index (χ3n) is 2.22. The average Bonchev–Trinajstić information content (AvgIpc) is 2.28. The zero-order valence-electron chi connectivity index (χ0n) is 8.93. The van der Waals surface area contributed by atoms with Crippen molar-refractivity contribution in [2.45, 2.75) is 0 Å². The number of aldehydes is 1. The summed E-state index contributed by atoms with van der Waals surface area (Å²) in [5.41, 5.74) is 1.44. The molecule has 0 saturated heterocycles. The van der Waals surface area contributed by atoms with Gasteiger partial charge in [-0.2, -0.15) is 0 Å². The van der Waals surface area contributed by atoms with Gasteiger partial charge in [0, 0.05) is 25.3 Å². The Bertz CT molecular complexity index is 339. The summed E-state index contributed by atoms with van der Waals surface area (Å²) in [4.78, 5) is 12.5. The van der Waals surface area contributed by atoms with Crippen LogP contribution in [0.25, 0.3) is 0 Å².